The summed E-state index contributed by atoms with van der Waals surface area (Å²) in [5.41, 5.74) is 1.39. The molecule has 0 saturated heterocycles. The average molecular weight is 243 g/mol. The molecule has 2 rings (SSSR count). The second-order valence-electron chi connectivity index (χ2n) is 4.55. The zero-order valence-corrected chi connectivity index (χ0v) is 11.2. The third kappa shape index (κ3) is 3.23. The molecule has 2 nitrogen and oxygen atoms in total. The highest BCUT2D eigenvalue weighted by molar-refractivity contribution is 5.84. The van der Waals surface area contributed by atoms with Gasteiger partial charge in [0.2, 0.25) is 0 Å². The first-order valence-corrected chi connectivity index (χ1v) is 6.61. The standard InChI is InChI=1S/C16H21NO/c1-3-9-17-10-8-13-4-5-15-12-16(18-2)7-6-14(15)11-13/h4-7,11-12,17H,3,8-10H2,1-2H3. The quantitative estimate of drug-likeness (QED) is 0.785. The van der Waals surface area contributed by atoms with E-state index in [9.17, 15) is 0 Å². The van der Waals surface area contributed by atoms with Gasteiger partial charge < -0.3 is 10.1 Å². The predicted molar refractivity (Wildman–Crippen MR) is 77.4 cm³/mol. The van der Waals surface area contributed by atoms with E-state index >= 15 is 0 Å². The SMILES string of the molecule is CCCNCCc1ccc2cc(OC)ccc2c1. The topological polar surface area (TPSA) is 21.3 Å². The van der Waals surface area contributed by atoms with Crippen molar-refractivity contribution in [2.75, 3.05) is 20.2 Å². The van der Waals surface area contributed by atoms with Crippen LogP contribution in [0.25, 0.3) is 10.8 Å². The molecule has 0 aliphatic heterocycles. The van der Waals surface area contributed by atoms with Crippen LogP contribution in [0.15, 0.2) is 36.4 Å². The van der Waals surface area contributed by atoms with Gasteiger partial charge in [0.1, 0.15) is 5.75 Å². The molecule has 0 aromatic heterocycles. The second-order valence-corrected chi connectivity index (χ2v) is 4.55. The van der Waals surface area contributed by atoms with Crippen LogP contribution in [0.4, 0.5) is 0 Å². The fraction of sp³-hybridized carbons (Fsp3) is 0.375. The number of ether oxygens (including phenoxy) is 1. The summed E-state index contributed by atoms with van der Waals surface area (Å²) in [4.78, 5) is 0. The van der Waals surface area contributed by atoms with E-state index in [1.54, 1.807) is 7.11 Å². The summed E-state index contributed by atoms with van der Waals surface area (Å²) in [6.45, 7) is 4.34. The number of rotatable bonds is 6. The van der Waals surface area contributed by atoms with Crippen LogP contribution in [-0.4, -0.2) is 20.2 Å². The van der Waals surface area contributed by atoms with Crippen LogP contribution in [0.1, 0.15) is 18.9 Å². The van der Waals surface area contributed by atoms with Gasteiger partial charge >= 0.3 is 0 Å². The average Bonchev–Trinajstić information content (AvgIpc) is 2.43. The normalized spacial score (nSPS) is 10.8. The lowest BCUT2D eigenvalue weighted by Crippen LogP contribution is -2.17. The van der Waals surface area contributed by atoms with Crippen molar-refractivity contribution in [2.24, 2.45) is 0 Å². The fourth-order valence-electron chi connectivity index (χ4n) is 2.09. The molecule has 0 unspecified atom stereocenters. The molecule has 0 amide bonds. The lowest BCUT2D eigenvalue weighted by molar-refractivity contribution is 0.415. The monoisotopic (exact) mass is 243 g/mol. The van der Waals surface area contributed by atoms with E-state index in [1.807, 2.05) is 6.07 Å². The zero-order chi connectivity index (χ0) is 12.8. The Balaban J connectivity index is 2.08. The molecule has 0 atom stereocenters. The lowest BCUT2D eigenvalue weighted by Gasteiger charge is -2.06. The van der Waals surface area contributed by atoms with Gasteiger partial charge in [0.15, 0.2) is 0 Å². The van der Waals surface area contributed by atoms with Crippen molar-refractivity contribution < 1.29 is 4.74 Å². The van der Waals surface area contributed by atoms with Crippen LogP contribution in [0.3, 0.4) is 0 Å². The van der Waals surface area contributed by atoms with Gasteiger partial charge in [-0.05, 0) is 54.4 Å². The minimum atomic E-state index is 0.917. The van der Waals surface area contributed by atoms with E-state index in [1.165, 1.54) is 22.8 Å². The van der Waals surface area contributed by atoms with Crippen molar-refractivity contribution in [3.63, 3.8) is 0 Å². The molecule has 2 aromatic rings. The predicted octanol–water partition coefficient (Wildman–Crippen LogP) is 3.39. The Morgan fingerprint density at radius 2 is 1.78 bits per heavy atom. The largest absolute Gasteiger partial charge is 0.497 e. The summed E-state index contributed by atoms with van der Waals surface area (Å²) in [7, 11) is 1.70. The van der Waals surface area contributed by atoms with Crippen LogP contribution >= 0.6 is 0 Å². The molecule has 0 bridgehead atoms. The van der Waals surface area contributed by atoms with E-state index in [0.717, 1.165) is 25.3 Å². The van der Waals surface area contributed by atoms with Crippen molar-refractivity contribution in [1.82, 2.24) is 5.32 Å². The molecule has 96 valence electrons. The molecule has 0 aliphatic carbocycles. The molecular weight excluding hydrogens is 222 g/mol. The summed E-state index contributed by atoms with van der Waals surface area (Å²) in [5, 5.41) is 5.95. The highest BCUT2D eigenvalue weighted by atomic mass is 16.5. The lowest BCUT2D eigenvalue weighted by atomic mass is 10.0. The maximum absolute atomic E-state index is 5.23. The second kappa shape index (κ2) is 6.41. The van der Waals surface area contributed by atoms with Gasteiger partial charge in [-0.15, -0.1) is 0 Å². The van der Waals surface area contributed by atoms with Crippen molar-refractivity contribution in [2.45, 2.75) is 19.8 Å². The molecule has 0 radical (unpaired) electrons. The Bertz CT molecular complexity index is 507. The Hall–Kier alpha value is -1.54. The first-order chi connectivity index (χ1) is 8.83. The first kappa shape index (κ1) is 12.9. The van der Waals surface area contributed by atoms with E-state index < -0.39 is 0 Å². The molecule has 0 spiro atoms. The summed E-state index contributed by atoms with van der Waals surface area (Å²) in [6, 6.07) is 12.9. The van der Waals surface area contributed by atoms with Crippen LogP contribution in [0.2, 0.25) is 0 Å². The van der Waals surface area contributed by atoms with Crippen molar-refractivity contribution in [1.29, 1.82) is 0 Å². The summed E-state index contributed by atoms with van der Waals surface area (Å²) >= 11 is 0. The summed E-state index contributed by atoms with van der Waals surface area (Å²) < 4.78 is 5.23. The van der Waals surface area contributed by atoms with Gasteiger partial charge in [0, 0.05) is 0 Å². The first-order valence-electron chi connectivity index (χ1n) is 6.61. The maximum Gasteiger partial charge on any atom is 0.119 e. The highest BCUT2D eigenvalue weighted by Gasteiger charge is 1.99. The van der Waals surface area contributed by atoms with Crippen LogP contribution in [0, 0.1) is 0 Å². The molecule has 2 aromatic carbocycles. The third-order valence-electron chi connectivity index (χ3n) is 3.13. The van der Waals surface area contributed by atoms with Crippen LogP contribution < -0.4 is 10.1 Å². The van der Waals surface area contributed by atoms with Gasteiger partial charge in [-0.3, -0.25) is 0 Å². The van der Waals surface area contributed by atoms with E-state index in [0.29, 0.717) is 0 Å². The number of methoxy groups -OCH3 is 1. The van der Waals surface area contributed by atoms with E-state index in [4.69, 9.17) is 4.74 Å². The molecule has 1 N–H and O–H groups in total. The van der Waals surface area contributed by atoms with Crippen LogP contribution in [-0.2, 0) is 6.42 Å². The maximum atomic E-state index is 5.23. The molecular formula is C16H21NO. The van der Waals surface area contributed by atoms with Crippen molar-refractivity contribution >= 4 is 10.8 Å². The Morgan fingerprint density at radius 3 is 2.56 bits per heavy atom. The fourth-order valence-corrected chi connectivity index (χ4v) is 2.09. The van der Waals surface area contributed by atoms with Gasteiger partial charge in [0.25, 0.3) is 0 Å². The van der Waals surface area contributed by atoms with E-state index in [2.05, 4.69) is 42.6 Å². The Kier molecular flexibility index (Phi) is 4.59. The number of hydrogen-bond donors (Lipinski definition) is 1. The smallest absolute Gasteiger partial charge is 0.119 e. The Labute approximate surface area is 109 Å². The van der Waals surface area contributed by atoms with Gasteiger partial charge in [0.05, 0.1) is 7.11 Å². The number of hydrogen-bond acceptors (Lipinski definition) is 2. The van der Waals surface area contributed by atoms with Gasteiger partial charge in [-0.2, -0.15) is 0 Å². The van der Waals surface area contributed by atoms with E-state index in [-0.39, 0.29) is 0 Å². The Morgan fingerprint density at radius 1 is 1.00 bits per heavy atom. The molecule has 0 aliphatic rings. The molecule has 18 heavy (non-hydrogen) atoms. The third-order valence-corrected chi connectivity index (χ3v) is 3.13. The van der Waals surface area contributed by atoms with Gasteiger partial charge in [-0.1, -0.05) is 31.2 Å². The van der Waals surface area contributed by atoms with Crippen LogP contribution in [0.5, 0.6) is 5.75 Å². The molecule has 0 fully saturated rings. The van der Waals surface area contributed by atoms with Crippen molar-refractivity contribution in [3.05, 3.63) is 42.0 Å². The summed E-state index contributed by atoms with van der Waals surface area (Å²) in [5.74, 6) is 0.917. The number of nitrogens with one attached hydrogen (secondary N) is 1. The number of fused-ring (bicyclic) bond motifs is 1. The number of benzene rings is 2. The van der Waals surface area contributed by atoms with Gasteiger partial charge in [-0.25, -0.2) is 0 Å². The zero-order valence-electron chi connectivity index (χ0n) is 11.2. The molecule has 0 heterocycles. The molecule has 2 heteroatoms. The summed E-state index contributed by atoms with van der Waals surface area (Å²) in [6.07, 6.45) is 2.28. The minimum Gasteiger partial charge on any atom is -0.497 e. The van der Waals surface area contributed by atoms with Crippen molar-refractivity contribution in [3.8, 4) is 5.75 Å². The highest BCUT2D eigenvalue weighted by Crippen LogP contribution is 2.21. The minimum absolute atomic E-state index is 0.917. The molecule has 0 saturated carbocycles.